The van der Waals surface area contributed by atoms with E-state index in [1.807, 2.05) is 30.5 Å². The molecule has 2 heterocycles. The summed E-state index contributed by atoms with van der Waals surface area (Å²) >= 11 is 0. The number of carbonyl (C=O) groups excluding carboxylic acids is 1. The lowest BCUT2D eigenvalue weighted by Gasteiger charge is -2.23. The summed E-state index contributed by atoms with van der Waals surface area (Å²) < 4.78 is 9.70. The average Bonchev–Trinajstić information content (AvgIpc) is 3.06. The molecule has 0 aliphatic carbocycles. The number of piperidine rings is 1. The topological polar surface area (TPSA) is 72.9 Å². The summed E-state index contributed by atoms with van der Waals surface area (Å²) in [6.45, 7) is 1.69. The molecule has 1 fully saturated rings. The largest absolute Gasteiger partial charge is 0.366 e. The fraction of sp³-hybridized carbons (Fsp3) is 0.263. The normalized spacial score (nSPS) is 21.6. The molecule has 1 aromatic heterocycles. The number of hydrogen-bond donors (Lipinski definition) is 2. The Morgan fingerprint density at radius 1 is 1.29 bits per heavy atom. The quantitative estimate of drug-likeness (QED) is 0.779. The minimum absolute atomic E-state index is 0.0398. The van der Waals surface area contributed by atoms with Gasteiger partial charge in [-0.3, -0.25) is 4.79 Å². The fourth-order valence-corrected chi connectivity index (χ4v) is 3.26. The van der Waals surface area contributed by atoms with Gasteiger partial charge in [0.05, 0.1) is 11.3 Å². The second-order valence-corrected chi connectivity index (χ2v) is 6.15. The van der Waals surface area contributed by atoms with Gasteiger partial charge in [-0.05, 0) is 49.0 Å². The van der Waals surface area contributed by atoms with Crippen LogP contribution in [-0.4, -0.2) is 28.8 Å². The van der Waals surface area contributed by atoms with Crippen LogP contribution in [0.1, 0.15) is 36.0 Å². The Bertz CT molecular complexity index is 919. The number of aromatic nitrogens is 2. The van der Waals surface area contributed by atoms with E-state index in [0.717, 1.165) is 30.6 Å². The van der Waals surface area contributed by atoms with Gasteiger partial charge in [0.25, 0.3) is 5.91 Å². The van der Waals surface area contributed by atoms with Crippen LogP contribution < -0.4 is 11.1 Å². The van der Waals surface area contributed by atoms with E-state index in [1.165, 1.54) is 5.56 Å². The first-order chi connectivity index (χ1) is 12.1. The maximum Gasteiger partial charge on any atom is 0.250 e. The maximum absolute atomic E-state index is 11.6. The molecule has 2 unspecified atom stereocenters. The first kappa shape index (κ1) is 13.7. The zero-order chi connectivity index (χ0) is 17.4. The van der Waals surface area contributed by atoms with E-state index >= 15 is 0 Å². The smallest absolute Gasteiger partial charge is 0.250 e. The molecule has 0 radical (unpaired) electrons. The molecule has 1 saturated heterocycles. The highest BCUT2D eigenvalue weighted by Gasteiger charge is 2.15. The third-order valence-electron chi connectivity index (χ3n) is 4.56. The molecule has 1 aliphatic rings. The molecule has 0 saturated carbocycles. The summed E-state index contributed by atoms with van der Waals surface area (Å²) in [6.07, 6.45) is 2.75. The molecule has 3 aromatic rings. The molecule has 24 heavy (non-hydrogen) atoms. The summed E-state index contributed by atoms with van der Waals surface area (Å²) in [5.74, 6) is -0.0931. The van der Waals surface area contributed by atoms with Crippen LogP contribution >= 0.6 is 0 Å². The van der Waals surface area contributed by atoms with Gasteiger partial charge in [-0.25, -0.2) is 4.68 Å². The van der Waals surface area contributed by atoms with Crippen molar-refractivity contribution in [1.82, 2.24) is 15.1 Å². The van der Waals surface area contributed by atoms with Crippen LogP contribution in [0.25, 0.3) is 16.6 Å². The zero-order valence-corrected chi connectivity index (χ0v) is 13.3. The highest BCUT2D eigenvalue weighted by atomic mass is 16.1. The van der Waals surface area contributed by atoms with E-state index in [4.69, 9.17) is 7.10 Å². The lowest BCUT2D eigenvalue weighted by Crippen LogP contribution is -2.28. The Hall–Kier alpha value is -2.66. The highest BCUT2D eigenvalue weighted by molar-refractivity contribution is 6.04. The van der Waals surface area contributed by atoms with Crippen molar-refractivity contribution < 1.29 is 6.17 Å². The number of hydrogen-bond acceptors (Lipinski definition) is 3. The van der Waals surface area contributed by atoms with Gasteiger partial charge in [0.2, 0.25) is 0 Å². The molecule has 1 amide bonds. The SMILES string of the molecule is [2H]C1CNCC(c2ccc(-n3cc4cccc(C(N)=O)c4n3)cc2)C1. The number of nitrogens with zero attached hydrogens (tertiary/aromatic N) is 2. The van der Waals surface area contributed by atoms with Gasteiger partial charge in [-0.15, -0.1) is 0 Å². The van der Waals surface area contributed by atoms with Crippen molar-refractivity contribution in [2.24, 2.45) is 5.73 Å². The van der Waals surface area contributed by atoms with E-state index in [2.05, 4.69) is 22.5 Å². The highest BCUT2D eigenvalue weighted by Crippen LogP contribution is 2.25. The standard InChI is InChI=1S/C19H20N4O/c20-19(24)17-5-1-3-15-12-23(22-18(15)17)16-8-6-13(7-9-16)14-4-2-10-21-11-14/h1,3,5-9,12,14,21H,2,4,10-11H2,(H2,20,24)/i2D. The molecule has 0 spiro atoms. The molecule has 122 valence electrons. The van der Waals surface area contributed by atoms with Crippen molar-refractivity contribution in [3.05, 3.63) is 59.8 Å². The first-order valence-electron chi connectivity index (χ1n) is 8.71. The Morgan fingerprint density at radius 2 is 2.12 bits per heavy atom. The third kappa shape index (κ3) is 2.67. The van der Waals surface area contributed by atoms with Crippen molar-refractivity contribution >= 4 is 16.8 Å². The number of nitrogens with two attached hydrogens (primary N) is 1. The van der Waals surface area contributed by atoms with Gasteiger partial charge in [0.15, 0.2) is 0 Å². The van der Waals surface area contributed by atoms with Crippen LogP contribution in [0.15, 0.2) is 48.7 Å². The molecule has 2 atom stereocenters. The number of rotatable bonds is 3. The van der Waals surface area contributed by atoms with Crippen LogP contribution in [0.5, 0.6) is 0 Å². The van der Waals surface area contributed by atoms with Gasteiger partial charge in [-0.2, -0.15) is 5.10 Å². The molecule has 2 aromatic carbocycles. The lowest BCUT2D eigenvalue weighted by molar-refractivity contribution is 0.100. The summed E-state index contributed by atoms with van der Waals surface area (Å²) in [7, 11) is 0. The third-order valence-corrected chi connectivity index (χ3v) is 4.56. The van der Waals surface area contributed by atoms with E-state index in [1.54, 1.807) is 10.7 Å². The maximum atomic E-state index is 11.6. The molecular weight excluding hydrogens is 300 g/mol. The summed E-state index contributed by atoms with van der Waals surface area (Å²) in [4.78, 5) is 11.6. The first-order valence-corrected chi connectivity index (χ1v) is 8.13. The van der Waals surface area contributed by atoms with Crippen molar-refractivity contribution in [2.45, 2.75) is 18.7 Å². The number of benzene rings is 2. The molecule has 1 aliphatic heterocycles. The summed E-state index contributed by atoms with van der Waals surface area (Å²) in [6, 6.07) is 13.7. The molecule has 5 heteroatoms. The van der Waals surface area contributed by atoms with Crippen molar-refractivity contribution in [1.29, 1.82) is 0 Å². The molecular formula is C19H20N4O. The van der Waals surface area contributed by atoms with E-state index < -0.39 is 5.91 Å². The van der Waals surface area contributed by atoms with E-state index in [-0.39, 0.29) is 6.40 Å². The number of nitrogens with one attached hydrogen (secondary N) is 1. The lowest BCUT2D eigenvalue weighted by atomic mass is 9.92. The minimum atomic E-state index is -0.471. The fourth-order valence-electron chi connectivity index (χ4n) is 3.26. The predicted octanol–water partition coefficient (Wildman–Crippen LogP) is 2.59. The Morgan fingerprint density at radius 3 is 2.88 bits per heavy atom. The Kier molecular flexibility index (Phi) is 3.49. The van der Waals surface area contributed by atoms with Crippen LogP contribution in [0.4, 0.5) is 0 Å². The average molecular weight is 321 g/mol. The van der Waals surface area contributed by atoms with Crippen molar-refractivity contribution in [3.8, 4) is 5.69 Å². The minimum Gasteiger partial charge on any atom is -0.366 e. The Balaban J connectivity index is 1.65. The van der Waals surface area contributed by atoms with Gasteiger partial charge < -0.3 is 11.1 Å². The zero-order valence-electron chi connectivity index (χ0n) is 14.3. The molecule has 5 nitrogen and oxygen atoms in total. The number of carbonyl (C=O) groups is 1. The van der Waals surface area contributed by atoms with Gasteiger partial charge in [0, 0.05) is 19.5 Å². The van der Waals surface area contributed by atoms with Crippen molar-refractivity contribution in [2.75, 3.05) is 13.1 Å². The van der Waals surface area contributed by atoms with Gasteiger partial charge >= 0.3 is 0 Å². The van der Waals surface area contributed by atoms with E-state index in [0.29, 0.717) is 17.0 Å². The van der Waals surface area contributed by atoms with Crippen LogP contribution in [0, 0.1) is 0 Å². The van der Waals surface area contributed by atoms with Crippen LogP contribution in [0.2, 0.25) is 0 Å². The monoisotopic (exact) mass is 321 g/mol. The second kappa shape index (κ2) is 6.09. The number of primary amides is 1. The molecule has 3 N–H and O–H groups in total. The molecule has 0 bridgehead atoms. The van der Waals surface area contributed by atoms with Crippen LogP contribution in [-0.2, 0) is 0 Å². The summed E-state index contributed by atoms with van der Waals surface area (Å²) in [5, 5.41) is 8.73. The predicted molar refractivity (Wildman–Crippen MR) is 94.4 cm³/mol. The molecule has 4 rings (SSSR count). The van der Waals surface area contributed by atoms with E-state index in [9.17, 15) is 4.79 Å². The van der Waals surface area contributed by atoms with Gasteiger partial charge in [0.1, 0.15) is 5.52 Å². The Labute approximate surface area is 141 Å². The number of fused-ring (bicyclic) bond motifs is 1. The van der Waals surface area contributed by atoms with Gasteiger partial charge in [-0.1, -0.05) is 24.3 Å². The van der Waals surface area contributed by atoms with Crippen LogP contribution in [0.3, 0.4) is 0 Å². The number of amides is 1. The summed E-state index contributed by atoms with van der Waals surface area (Å²) in [5.41, 5.74) is 8.65. The van der Waals surface area contributed by atoms with Crippen molar-refractivity contribution in [3.63, 3.8) is 0 Å². The second-order valence-electron chi connectivity index (χ2n) is 6.15.